The van der Waals surface area contributed by atoms with Crippen molar-refractivity contribution in [3.05, 3.63) is 163 Å². The van der Waals surface area contributed by atoms with Crippen molar-refractivity contribution in [3.63, 3.8) is 0 Å². The molecule has 0 saturated carbocycles. The van der Waals surface area contributed by atoms with Gasteiger partial charge < -0.3 is 4.90 Å². The predicted molar refractivity (Wildman–Crippen MR) is 216 cm³/mol. The largest absolute Gasteiger partial charge is 0.310 e. The van der Waals surface area contributed by atoms with Crippen LogP contribution in [0.3, 0.4) is 0 Å². The van der Waals surface area contributed by atoms with Crippen molar-refractivity contribution in [2.24, 2.45) is 0 Å². The van der Waals surface area contributed by atoms with Crippen LogP contribution in [0.4, 0.5) is 17.1 Å². The first-order valence-corrected chi connectivity index (χ1v) is 18.4. The number of nitrogens with zero attached hydrogens (tertiary/aromatic N) is 2. The molecule has 10 rings (SSSR count). The Hall–Kier alpha value is -5.77. The molecule has 0 radical (unpaired) electrons. The van der Waals surface area contributed by atoms with Gasteiger partial charge in [0.05, 0.1) is 15.9 Å². The van der Waals surface area contributed by atoms with Gasteiger partial charge in [-0.1, -0.05) is 115 Å². The van der Waals surface area contributed by atoms with Gasteiger partial charge in [0.1, 0.15) is 5.01 Å². The van der Waals surface area contributed by atoms with E-state index in [9.17, 15) is 0 Å². The second-order valence-electron chi connectivity index (χ2n) is 13.3. The Balaban J connectivity index is 1.13. The predicted octanol–water partition coefficient (Wildman–Crippen LogP) is 14.0. The van der Waals surface area contributed by atoms with Crippen LogP contribution in [0.5, 0.6) is 0 Å². The van der Waals surface area contributed by atoms with Crippen molar-refractivity contribution in [1.29, 1.82) is 0 Å². The van der Waals surface area contributed by atoms with Crippen molar-refractivity contribution in [2.75, 3.05) is 4.90 Å². The normalized spacial score (nSPS) is 13.4. The Morgan fingerprint density at radius 3 is 2.04 bits per heavy atom. The molecule has 1 aromatic heterocycles. The first kappa shape index (κ1) is 29.2. The minimum atomic E-state index is 1.06. The smallest absolute Gasteiger partial charge is 0.125 e. The number of hydrogen-bond acceptors (Lipinski definition) is 3. The summed E-state index contributed by atoms with van der Waals surface area (Å²) in [6.07, 6.45) is 7.37. The lowest BCUT2D eigenvalue weighted by atomic mass is 9.93. The van der Waals surface area contributed by atoms with E-state index in [2.05, 4.69) is 163 Å². The molecule has 1 heterocycles. The summed E-state index contributed by atoms with van der Waals surface area (Å²) in [5.41, 5.74) is 8.56. The maximum absolute atomic E-state index is 5.38. The van der Waals surface area contributed by atoms with Crippen molar-refractivity contribution in [2.45, 2.75) is 25.7 Å². The molecule has 0 aliphatic heterocycles. The second-order valence-corrected chi connectivity index (χ2v) is 14.4. The van der Waals surface area contributed by atoms with Crippen LogP contribution >= 0.6 is 11.3 Å². The summed E-state index contributed by atoms with van der Waals surface area (Å²) >= 11 is 1.78. The number of hydrogen-bond donors (Lipinski definition) is 0. The van der Waals surface area contributed by atoms with Gasteiger partial charge in [-0.25, -0.2) is 4.98 Å². The average molecular weight is 659 g/mol. The van der Waals surface area contributed by atoms with Gasteiger partial charge in [-0.3, -0.25) is 0 Å². The Kier molecular flexibility index (Phi) is 6.99. The number of anilines is 3. The molecule has 0 atom stereocenters. The molecule has 2 nitrogen and oxygen atoms in total. The maximum atomic E-state index is 5.38. The molecule has 50 heavy (non-hydrogen) atoms. The van der Waals surface area contributed by atoms with Gasteiger partial charge in [-0.15, -0.1) is 11.3 Å². The molecule has 0 unspecified atom stereocenters. The summed E-state index contributed by atoms with van der Waals surface area (Å²) in [5, 5.41) is 11.0. The lowest BCUT2D eigenvalue weighted by Gasteiger charge is -2.27. The minimum absolute atomic E-state index is 1.06. The monoisotopic (exact) mass is 658 g/mol. The number of para-hydroxylation sites is 1. The Morgan fingerprint density at radius 2 is 1.20 bits per heavy atom. The second kappa shape index (κ2) is 12.0. The number of thiazole rings is 1. The van der Waals surface area contributed by atoms with Gasteiger partial charge >= 0.3 is 0 Å². The summed E-state index contributed by atoms with van der Waals surface area (Å²) in [6, 6.07) is 55.5. The molecule has 0 amide bonds. The van der Waals surface area contributed by atoms with Crippen molar-refractivity contribution in [3.8, 4) is 10.6 Å². The van der Waals surface area contributed by atoms with Crippen LogP contribution < -0.4 is 4.90 Å². The highest BCUT2D eigenvalue weighted by Crippen LogP contribution is 2.44. The van der Waals surface area contributed by atoms with Gasteiger partial charge in [0.2, 0.25) is 0 Å². The molecule has 0 bridgehead atoms. The first-order chi connectivity index (χ1) is 24.8. The zero-order valence-corrected chi connectivity index (χ0v) is 28.5. The van der Waals surface area contributed by atoms with E-state index >= 15 is 0 Å². The maximum Gasteiger partial charge on any atom is 0.125 e. The molecule has 9 aromatic rings. The fourth-order valence-electron chi connectivity index (χ4n) is 8.02. The Bertz CT molecular complexity index is 2760. The van der Waals surface area contributed by atoms with E-state index in [0.717, 1.165) is 21.9 Å². The van der Waals surface area contributed by atoms with Gasteiger partial charge in [-0.05, 0) is 112 Å². The summed E-state index contributed by atoms with van der Waals surface area (Å²) in [6.45, 7) is 0. The zero-order valence-electron chi connectivity index (χ0n) is 27.6. The fourth-order valence-corrected chi connectivity index (χ4v) is 9.03. The van der Waals surface area contributed by atoms with E-state index in [1.165, 1.54) is 95.9 Å². The molecule has 0 fully saturated rings. The molecular formula is C47H34N2S. The van der Waals surface area contributed by atoms with Crippen LogP contribution in [0.25, 0.3) is 69.5 Å². The van der Waals surface area contributed by atoms with Crippen molar-refractivity contribution < 1.29 is 0 Å². The van der Waals surface area contributed by atoms with Crippen LogP contribution in [-0.2, 0) is 0 Å². The molecule has 3 heteroatoms. The molecule has 0 N–H and O–H groups in total. The third-order valence-corrected chi connectivity index (χ3v) is 11.5. The Labute approximate surface area is 295 Å². The van der Waals surface area contributed by atoms with Gasteiger partial charge in [-0.2, -0.15) is 0 Å². The molecule has 238 valence electrons. The lowest BCUT2D eigenvalue weighted by molar-refractivity contribution is 0.742. The summed E-state index contributed by atoms with van der Waals surface area (Å²) in [5.74, 6) is 0. The highest BCUT2D eigenvalue weighted by Gasteiger charge is 2.19. The van der Waals surface area contributed by atoms with Crippen molar-refractivity contribution >= 4 is 87.3 Å². The standard InChI is InChI=1S/C47H34N2S/c1-3-12-31(13-4-1)32-22-24-35(25-23-32)49(34-15-5-2-6-16-34)44-21-11-20-38-40-28-29-45-46(42(40)27-26-41(38)44)48-47(50-45)43-30-33-14-7-8-17-36(33)37-18-9-10-19-39(37)43/h2,5-12,14-30H,1,3-4,13H2. The van der Waals surface area contributed by atoms with E-state index in [4.69, 9.17) is 4.98 Å². The molecule has 0 spiro atoms. The number of allylic oxidation sites excluding steroid dienone is 2. The quantitative estimate of drug-likeness (QED) is 0.171. The number of fused-ring (bicyclic) bond motifs is 8. The summed E-state index contributed by atoms with van der Waals surface area (Å²) in [4.78, 5) is 7.78. The van der Waals surface area contributed by atoms with Crippen LogP contribution in [0.2, 0.25) is 0 Å². The average Bonchev–Trinajstić information content (AvgIpc) is 3.64. The number of benzene rings is 8. The number of aromatic nitrogens is 1. The molecule has 1 aliphatic carbocycles. The highest BCUT2D eigenvalue weighted by molar-refractivity contribution is 7.21. The van der Waals surface area contributed by atoms with E-state index in [0.29, 0.717) is 0 Å². The topological polar surface area (TPSA) is 16.1 Å². The molecule has 1 aliphatic rings. The third kappa shape index (κ3) is 4.80. The van der Waals surface area contributed by atoms with E-state index in [-0.39, 0.29) is 0 Å². The van der Waals surface area contributed by atoms with E-state index < -0.39 is 0 Å². The van der Waals surface area contributed by atoms with Crippen LogP contribution in [0, 0.1) is 0 Å². The Morgan fingerprint density at radius 1 is 0.520 bits per heavy atom. The first-order valence-electron chi connectivity index (χ1n) is 17.6. The third-order valence-electron chi connectivity index (χ3n) is 10.4. The zero-order chi connectivity index (χ0) is 33.0. The van der Waals surface area contributed by atoms with E-state index in [1.807, 2.05) is 0 Å². The van der Waals surface area contributed by atoms with Gasteiger partial charge in [0.25, 0.3) is 0 Å². The van der Waals surface area contributed by atoms with Crippen LogP contribution in [-0.4, -0.2) is 4.98 Å². The lowest BCUT2D eigenvalue weighted by Crippen LogP contribution is -2.10. The van der Waals surface area contributed by atoms with Crippen molar-refractivity contribution in [1.82, 2.24) is 4.98 Å². The fraction of sp³-hybridized carbons (Fsp3) is 0.0851. The van der Waals surface area contributed by atoms with Crippen LogP contribution in [0.1, 0.15) is 31.2 Å². The summed E-state index contributed by atoms with van der Waals surface area (Å²) < 4.78 is 1.21. The highest BCUT2D eigenvalue weighted by atomic mass is 32.1. The van der Waals surface area contributed by atoms with Crippen LogP contribution in [0.15, 0.2) is 158 Å². The molecule has 0 saturated heterocycles. The summed E-state index contributed by atoms with van der Waals surface area (Å²) in [7, 11) is 0. The number of rotatable bonds is 5. The van der Waals surface area contributed by atoms with Gasteiger partial charge in [0.15, 0.2) is 0 Å². The van der Waals surface area contributed by atoms with Gasteiger partial charge in [0, 0.05) is 27.7 Å². The SMILES string of the molecule is C1=C(c2ccc(N(c3ccccc3)c3cccc4c3ccc3c4ccc4sc(-c5cc6ccccc6c6ccccc56)nc43)cc2)CCCC1. The minimum Gasteiger partial charge on any atom is -0.310 e. The molecular weight excluding hydrogens is 625 g/mol. The molecule has 8 aromatic carbocycles. The van der Waals surface area contributed by atoms with E-state index in [1.54, 1.807) is 11.3 Å².